The summed E-state index contributed by atoms with van der Waals surface area (Å²) < 4.78 is 1.86. The Balaban J connectivity index is 2.68. The highest BCUT2D eigenvalue weighted by atomic mass is 35.5. The van der Waals surface area contributed by atoms with Crippen molar-refractivity contribution in [3.05, 3.63) is 11.0 Å². The number of nitrogens with zero attached hydrogens (tertiary/aromatic N) is 4. The molecule has 0 unspecified atom stereocenters. The molecule has 0 amide bonds. The maximum absolute atomic E-state index is 6.10. The SMILES string of the molecule is Cc1nc(Cl)c2c(n1)nc(N)n2CC(C)C. The zero-order chi connectivity index (χ0) is 11.9. The second-order valence-electron chi connectivity index (χ2n) is 4.21. The summed E-state index contributed by atoms with van der Waals surface area (Å²) in [6.07, 6.45) is 0. The largest absolute Gasteiger partial charge is 0.369 e. The van der Waals surface area contributed by atoms with E-state index in [1.165, 1.54) is 0 Å². The molecule has 2 aromatic rings. The standard InChI is InChI=1S/C10H14ClN5/c1-5(2)4-16-7-8(11)13-6(3)14-9(7)15-10(16)12/h5H,4H2,1-3H3,(H2,12,13,14,15). The third-order valence-electron chi connectivity index (χ3n) is 2.25. The van der Waals surface area contributed by atoms with E-state index in [-0.39, 0.29) is 0 Å². The van der Waals surface area contributed by atoms with Crippen LogP contribution in [0.15, 0.2) is 0 Å². The number of aryl methyl sites for hydroxylation is 1. The predicted octanol–water partition coefficient (Wildman–Crippen LogP) is 2.03. The first-order valence-corrected chi connectivity index (χ1v) is 5.52. The maximum Gasteiger partial charge on any atom is 0.202 e. The van der Waals surface area contributed by atoms with E-state index >= 15 is 0 Å². The van der Waals surface area contributed by atoms with E-state index in [1.807, 2.05) is 4.57 Å². The Morgan fingerprint density at radius 1 is 1.31 bits per heavy atom. The van der Waals surface area contributed by atoms with E-state index in [2.05, 4.69) is 28.8 Å². The Morgan fingerprint density at radius 2 is 2.00 bits per heavy atom. The lowest BCUT2D eigenvalue weighted by atomic mass is 10.2. The van der Waals surface area contributed by atoms with Gasteiger partial charge in [-0.25, -0.2) is 9.97 Å². The van der Waals surface area contributed by atoms with E-state index in [4.69, 9.17) is 17.3 Å². The van der Waals surface area contributed by atoms with Crippen molar-refractivity contribution < 1.29 is 0 Å². The second kappa shape index (κ2) is 3.90. The van der Waals surface area contributed by atoms with Gasteiger partial charge in [0.15, 0.2) is 10.8 Å². The molecule has 2 heterocycles. The van der Waals surface area contributed by atoms with Crippen LogP contribution in [0.4, 0.5) is 5.95 Å². The molecule has 2 aromatic heterocycles. The number of rotatable bonds is 2. The molecule has 0 aliphatic carbocycles. The lowest BCUT2D eigenvalue weighted by molar-refractivity contribution is 0.537. The molecule has 0 aliphatic heterocycles. The average Bonchev–Trinajstić information content (AvgIpc) is 2.41. The Morgan fingerprint density at radius 3 is 2.62 bits per heavy atom. The first-order chi connectivity index (χ1) is 7.49. The molecule has 0 aromatic carbocycles. The van der Waals surface area contributed by atoms with Gasteiger partial charge in [0.05, 0.1) is 0 Å². The predicted molar refractivity (Wildman–Crippen MR) is 64.3 cm³/mol. The Kier molecular flexibility index (Phi) is 2.71. The summed E-state index contributed by atoms with van der Waals surface area (Å²) in [5.41, 5.74) is 7.13. The van der Waals surface area contributed by atoms with Gasteiger partial charge in [0.2, 0.25) is 5.95 Å². The smallest absolute Gasteiger partial charge is 0.202 e. The first kappa shape index (κ1) is 11.1. The van der Waals surface area contributed by atoms with E-state index < -0.39 is 0 Å². The van der Waals surface area contributed by atoms with Gasteiger partial charge in [0, 0.05) is 6.54 Å². The molecule has 2 rings (SSSR count). The van der Waals surface area contributed by atoms with Crippen LogP contribution in [0.25, 0.3) is 11.2 Å². The molecule has 0 spiro atoms. The van der Waals surface area contributed by atoms with Crippen LogP contribution >= 0.6 is 11.6 Å². The van der Waals surface area contributed by atoms with Crippen molar-refractivity contribution in [2.24, 2.45) is 5.92 Å². The molecular weight excluding hydrogens is 226 g/mol. The fourth-order valence-electron chi connectivity index (χ4n) is 1.66. The number of nitrogen functional groups attached to an aromatic ring is 1. The topological polar surface area (TPSA) is 69.6 Å². The number of halogens is 1. The molecule has 0 saturated carbocycles. The van der Waals surface area contributed by atoms with E-state index in [0.717, 1.165) is 12.1 Å². The van der Waals surface area contributed by atoms with Crippen LogP contribution < -0.4 is 5.73 Å². The van der Waals surface area contributed by atoms with E-state index in [9.17, 15) is 0 Å². The fraction of sp³-hybridized carbons (Fsp3) is 0.500. The maximum atomic E-state index is 6.10. The van der Waals surface area contributed by atoms with E-state index in [1.54, 1.807) is 6.92 Å². The lowest BCUT2D eigenvalue weighted by Gasteiger charge is -2.09. The van der Waals surface area contributed by atoms with E-state index in [0.29, 0.717) is 28.5 Å². The van der Waals surface area contributed by atoms with Crippen LogP contribution in [0, 0.1) is 12.8 Å². The molecule has 0 saturated heterocycles. The monoisotopic (exact) mass is 239 g/mol. The lowest BCUT2D eigenvalue weighted by Crippen LogP contribution is -2.08. The summed E-state index contributed by atoms with van der Waals surface area (Å²) in [7, 11) is 0. The summed E-state index contributed by atoms with van der Waals surface area (Å²) >= 11 is 6.10. The molecule has 0 fully saturated rings. The van der Waals surface area contributed by atoms with Crippen molar-refractivity contribution in [1.82, 2.24) is 19.5 Å². The Labute approximate surface area is 98.7 Å². The first-order valence-electron chi connectivity index (χ1n) is 5.15. The molecule has 5 nitrogen and oxygen atoms in total. The number of imidazole rings is 1. The van der Waals surface area contributed by atoms with Crippen molar-refractivity contribution >= 4 is 28.7 Å². The molecule has 6 heteroatoms. The highest BCUT2D eigenvalue weighted by Gasteiger charge is 2.15. The minimum absolute atomic E-state index is 0.410. The van der Waals surface area contributed by atoms with Crippen LogP contribution in [-0.4, -0.2) is 19.5 Å². The Bertz CT molecular complexity index is 531. The fourth-order valence-corrected chi connectivity index (χ4v) is 1.97. The average molecular weight is 240 g/mol. The third-order valence-corrected chi connectivity index (χ3v) is 2.51. The van der Waals surface area contributed by atoms with Crippen LogP contribution in [0.3, 0.4) is 0 Å². The van der Waals surface area contributed by atoms with Gasteiger partial charge in [-0.3, -0.25) is 0 Å². The molecule has 0 aliphatic rings. The van der Waals surface area contributed by atoms with Gasteiger partial charge in [-0.1, -0.05) is 25.4 Å². The molecule has 86 valence electrons. The zero-order valence-electron chi connectivity index (χ0n) is 9.53. The number of hydrogen-bond donors (Lipinski definition) is 1. The van der Waals surface area contributed by atoms with Crippen molar-refractivity contribution in [3.63, 3.8) is 0 Å². The molecule has 0 bridgehead atoms. The van der Waals surface area contributed by atoms with Crippen LogP contribution in [0.5, 0.6) is 0 Å². The Hall–Kier alpha value is -1.36. The van der Waals surface area contributed by atoms with Gasteiger partial charge in [-0.15, -0.1) is 0 Å². The van der Waals surface area contributed by atoms with Crippen LogP contribution in [0.1, 0.15) is 19.7 Å². The van der Waals surface area contributed by atoms with Gasteiger partial charge < -0.3 is 10.3 Å². The highest BCUT2D eigenvalue weighted by Crippen LogP contribution is 2.23. The molecule has 0 atom stereocenters. The minimum atomic E-state index is 0.410. The number of fused-ring (bicyclic) bond motifs is 1. The van der Waals surface area contributed by atoms with Gasteiger partial charge >= 0.3 is 0 Å². The summed E-state index contributed by atoms with van der Waals surface area (Å²) in [5, 5.41) is 0.410. The van der Waals surface area contributed by atoms with Crippen molar-refractivity contribution in [2.45, 2.75) is 27.3 Å². The zero-order valence-corrected chi connectivity index (χ0v) is 10.3. The summed E-state index contributed by atoms with van der Waals surface area (Å²) in [4.78, 5) is 12.5. The van der Waals surface area contributed by atoms with Crippen LogP contribution in [-0.2, 0) is 6.54 Å². The highest BCUT2D eigenvalue weighted by molar-refractivity contribution is 6.33. The molecule has 16 heavy (non-hydrogen) atoms. The summed E-state index contributed by atoms with van der Waals surface area (Å²) in [6, 6.07) is 0. The van der Waals surface area contributed by atoms with Crippen molar-refractivity contribution in [1.29, 1.82) is 0 Å². The van der Waals surface area contributed by atoms with Gasteiger partial charge in [0.1, 0.15) is 11.3 Å². The van der Waals surface area contributed by atoms with Gasteiger partial charge in [-0.05, 0) is 12.8 Å². The minimum Gasteiger partial charge on any atom is -0.369 e. The van der Waals surface area contributed by atoms with Crippen molar-refractivity contribution in [2.75, 3.05) is 5.73 Å². The number of hydrogen-bond acceptors (Lipinski definition) is 4. The number of anilines is 1. The van der Waals surface area contributed by atoms with Crippen molar-refractivity contribution in [3.8, 4) is 0 Å². The molecular formula is C10H14ClN5. The quantitative estimate of drug-likeness (QED) is 0.814. The molecule has 2 N–H and O–H groups in total. The second-order valence-corrected chi connectivity index (χ2v) is 4.57. The van der Waals surface area contributed by atoms with Crippen LogP contribution in [0.2, 0.25) is 5.15 Å². The normalized spacial score (nSPS) is 11.6. The molecule has 0 radical (unpaired) electrons. The summed E-state index contributed by atoms with van der Waals surface area (Å²) in [5.74, 6) is 1.49. The number of aromatic nitrogens is 4. The third kappa shape index (κ3) is 1.82. The number of nitrogens with two attached hydrogens (primary N) is 1. The summed E-state index contributed by atoms with van der Waals surface area (Å²) in [6.45, 7) is 6.75. The van der Waals surface area contributed by atoms with Gasteiger partial charge in [-0.2, -0.15) is 4.98 Å². The van der Waals surface area contributed by atoms with Gasteiger partial charge in [0.25, 0.3) is 0 Å².